The molecule has 3 aromatic rings. The molecule has 4 rings (SSSR count). The van der Waals surface area contributed by atoms with E-state index in [0.717, 1.165) is 30.5 Å². The number of hydrogen-bond donors (Lipinski definition) is 1. The van der Waals surface area contributed by atoms with Crippen molar-refractivity contribution >= 4 is 34.0 Å². The molecule has 0 saturated heterocycles. The van der Waals surface area contributed by atoms with Gasteiger partial charge in [-0.1, -0.05) is 50.7 Å². The number of amides is 1. The topological polar surface area (TPSA) is 96.5 Å². The number of fused-ring (bicyclic) bond motifs is 1. The van der Waals surface area contributed by atoms with Crippen LogP contribution in [0.25, 0.3) is 5.69 Å². The number of carbonyl (C=O) groups excluding carboxylic acids is 1. The Bertz CT molecular complexity index is 1140. The van der Waals surface area contributed by atoms with Gasteiger partial charge in [0.2, 0.25) is 11.1 Å². The van der Waals surface area contributed by atoms with Crippen LogP contribution in [0.15, 0.2) is 35.5 Å². The third-order valence-corrected chi connectivity index (χ3v) is 7.95. The molecule has 166 valence electrons. The van der Waals surface area contributed by atoms with E-state index in [2.05, 4.69) is 47.7 Å². The van der Waals surface area contributed by atoms with Crippen LogP contribution >= 0.6 is 23.1 Å². The van der Waals surface area contributed by atoms with Crippen molar-refractivity contribution in [1.82, 2.24) is 20.2 Å². The SMILES string of the molecule is CC(C)(C)C1CCc2c(sc(NC(=O)CCSc3nnnn3-c3ccccc3)c2C#N)C1. The molecule has 1 aromatic carbocycles. The number of nitrogens with zero attached hydrogens (tertiary/aromatic N) is 5. The van der Waals surface area contributed by atoms with Crippen molar-refractivity contribution in [2.24, 2.45) is 11.3 Å². The number of carbonyl (C=O) groups is 1. The smallest absolute Gasteiger partial charge is 0.225 e. The van der Waals surface area contributed by atoms with Gasteiger partial charge in [0.15, 0.2) is 0 Å². The third kappa shape index (κ3) is 4.87. The maximum Gasteiger partial charge on any atom is 0.225 e. The number of tetrazole rings is 1. The first-order valence-electron chi connectivity index (χ1n) is 10.7. The lowest BCUT2D eigenvalue weighted by atomic mass is 9.72. The summed E-state index contributed by atoms with van der Waals surface area (Å²) in [6.07, 6.45) is 3.28. The lowest BCUT2D eigenvalue weighted by molar-refractivity contribution is -0.115. The van der Waals surface area contributed by atoms with Gasteiger partial charge in [-0.25, -0.2) is 0 Å². The molecule has 1 amide bonds. The van der Waals surface area contributed by atoms with E-state index in [1.54, 1.807) is 16.0 Å². The Labute approximate surface area is 196 Å². The number of benzene rings is 1. The molecule has 0 radical (unpaired) electrons. The standard InChI is InChI=1S/C23H26N6OS2/c1-23(2,3)15-9-10-17-18(14-24)21(32-19(17)13-15)25-20(30)11-12-31-22-26-27-28-29(22)16-7-5-4-6-8-16/h4-8,15H,9-13H2,1-3H3,(H,25,30). The zero-order valence-electron chi connectivity index (χ0n) is 18.5. The van der Waals surface area contributed by atoms with Gasteiger partial charge in [0.1, 0.15) is 11.1 Å². The van der Waals surface area contributed by atoms with Crippen molar-refractivity contribution in [3.05, 3.63) is 46.3 Å². The highest BCUT2D eigenvalue weighted by Gasteiger charge is 2.32. The Balaban J connectivity index is 1.37. The molecule has 0 saturated carbocycles. The monoisotopic (exact) mass is 466 g/mol. The van der Waals surface area contributed by atoms with E-state index in [-0.39, 0.29) is 11.3 Å². The van der Waals surface area contributed by atoms with Crippen LogP contribution in [0.2, 0.25) is 0 Å². The van der Waals surface area contributed by atoms with Gasteiger partial charge in [-0.05, 0) is 58.7 Å². The summed E-state index contributed by atoms with van der Waals surface area (Å²) in [5, 5.41) is 25.9. The number of nitrogens with one attached hydrogen (secondary N) is 1. The van der Waals surface area contributed by atoms with Crippen LogP contribution < -0.4 is 5.32 Å². The lowest BCUT2D eigenvalue weighted by Gasteiger charge is -2.33. The van der Waals surface area contributed by atoms with Crippen LogP contribution in [0, 0.1) is 22.7 Å². The summed E-state index contributed by atoms with van der Waals surface area (Å²) in [4.78, 5) is 13.9. The minimum absolute atomic E-state index is 0.0984. The van der Waals surface area contributed by atoms with Crippen LogP contribution in [-0.4, -0.2) is 31.9 Å². The number of aromatic nitrogens is 4. The summed E-state index contributed by atoms with van der Waals surface area (Å²) in [5.74, 6) is 1.03. The lowest BCUT2D eigenvalue weighted by Crippen LogP contribution is -2.26. The molecule has 1 unspecified atom stereocenters. The molecule has 1 N–H and O–H groups in total. The van der Waals surface area contributed by atoms with E-state index in [1.807, 2.05) is 30.3 Å². The zero-order chi connectivity index (χ0) is 22.7. The average molecular weight is 467 g/mol. The van der Waals surface area contributed by atoms with Crippen LogP contribution in [0.4, 0.5) is 5.00 Å². The molecule has 0 spiro atoms. The summed E-state index contributed by atoms with van der Waals surface area (Å²) >= 11 is 3.00. The number of anilines is 1. The number of para-hydroxylation sites is 1. The molecule has 0 aliphatic heterocycles. The van der Waals surface area contributed by atoms with Crippen LogP contribution in [0.5, 0.6) is 0 Å². The first-order chi connectivity index (χ1) is 15.4. The highest BCUT2D eigenvalue weighted by Crippen LogP contribution is 2.44. The Morgan fingerprint density at radius 1 is 1.34 bits per heavy atom. The summed E-state index contributed by atoms with van der Waals surface area (Å²) in [6, 6.07) is 12.0. The Morgan fingerprint density at radius 3 is 2.84 bits per heavy atom. The third-order valence-electron chi connectivity index (χ3n) is 5.86. The second-order valence-electron chi connectivity index (χ2n) is 8.98. The first-order valence-corrected chi connectivity index (χ1v) is 12.5. The van der Waals surface area contributed by atoms with Crippen molar-refractivity contribution in [1.29, 1.82) is 5.26 Å². The summed E-state index contributed by atoms with van der Waals surface area (Å²) in [5.41, 5.74) is 2.89. The zero-order valence-corrected chi connectivity index (χ0v) is 20.1. The quantitative estimate of drug-likeness (QED) is 0.521. The molecule has 1 atom stereocenters. The fraction of sp³-hybridized carbons (Fsp3) is 0.435. The molecular formula is C23H26N6OS2. The number of hydrogen-bond acceptors (Lipinski definition) is 7. The van der Waals surface area contributed by atoms with E-state index >= 15 is 0 Å². The van der Waals surface area contributed by atoms with Gasteiger partial charge in [0.25, 0.3) is 0 Å². The molecule has 2 aromatic heterocycles. The van der Waals surface area contributed by atoms with Gasteiger partial charge in [-0.15, -0.1) is 16.4 Å². The highest BCUT2D eigenvalue weighted by atomic mass is 32.2. The van der Waals surface area contributed by atoms with E-state index < -0.39 is 0 Å². The van der Waals surface area contributed by atoms with E-state index in [4.69, 9.17) is 0 Å². The van der Waals surface area contributed by atoms with Crippen molar-refractivity contribution < 1.29 is 4.79 Å². The molecule has 1 aliphatic rings. The minimum Gasteiger partial charge on any atom is -0.317 e. The average Bonchev–Trinajstić information content (AvgIpc) is 3.37. The van der Waals surface area contributed by atoms with Crippen LogP contribution in [-0.2, 0) is 17.6 Å². The maximum atomic E-state index is 12.6. The normalized spacial score (nSPS) is 15.8. The van der Waals surface area contributed by atoms with E-state index in [9.17, 15) is 10.1 Å². The van der Waals surface area contributed by atoms with Gasteiger partial charge < -0.3 is 5.32 Å². The number of thioether (sulfide) groups is 1. The fourth-order valence-corrected chi connectivity index (χ4v) is 6.08. The van der Waals surface area contributed by atoms with Crippen LogP contribution in [0.3, 0.4) is 0 Å². The van der Waals surface area contributed by atoms with Gasteiger partial charge in [-0.2, -0.15) is 9.94 Å². The number of rotatable bonds is 6. The van der Waals surface area contributed by atoms with Crippen LogP contribution in [0.1, 0.15) is 49.6 Å². The predicted octanol–water partition coefficient (Wildman–Crippen LogP) is 4.87. The second kappa shape index (κ2) is 9.43. The molecule has 1 aliphatic carbocycles. The summed E-state index contributed by atoms with van der Waals surface area (Å²) in [7, 11) is 0. The Morgan fingerprint density at radius 2 is 2.12 bits per heavy atom. The fourth-order valence-electron chi connectivity index (χ4n) is 3.96. The summed E-state index contributed by atoms with van der Waals surface area (Å²) < 4.78 is 1.66. The van der Waals surface area contributed by atoms with Gasteiger partial charge in [0, 0.05) is 17.1 Å². The minimum atomic E-state index is -0.0984. The maximum absolute atomic E-state index is 12.6. The van der Waals surface area contributed by atoms with Gasteiger partial charge in [-0.3, -0.25) is 4.79 Å². The second-order valence-corrected chi connectivity index (χ2v) is 11.1. The van der Waals surface area contributed by atoms with Crippen molar-refractivity contribution in [2.75, 3.05) is 11.1 Å². The largest absolute Gasteiger partial charge is 0.317 e. The van der Waals surface area contributed by atoms with Gasteiger partial charge in [0.05, 0.1) is 11.3 Å². The molecule has 32 heavy (non-hydrogen) atoms. The van der Waals surface area contributed by atoms with Gasteiger partial charge >= 0.3 is 0 Å². The molecule has 0 fully saturated rings. The molecule has 0 bridgehead atoms. The molecule has 7 nitrogen and oxygen atoms in total. The van der Waals surface area contributed by atoms with Crippen molar-refractivity contribution in [3.8, 4) is 11.8 Å². The van der Waals surface area contributed by atoms with E-state index in [0.29, 0.717) is 33.8 Å². The summed E-state index contributed by atoms with van der Waals surface area (Å²) in [6.45, 7) is 6.82. The number of nitriles is 1. The van der Waals surface area contributed by atoms with Crippen molar-refractivity contribution in [2.45, 2.75) is 51.6 Å². The molecule has 9 heteroatoms. The number of thiophene rings is 1. The van der Waals surface area contributed by atoms with Crippen molar-refractivity contribution in [3.63, 3.8) is 0 Å². The molecular weight excluding hydrogens is 440 g/mol. The van der Waals surface area contributed by atoms with E-state index in [1.165, 1.54) is 16.6 Å². The predicted molar refractivity (Wildman–Crippen MR) is 127 cm³/mol. The Hall–Kier alpha value is -2.70. The molecule has 2 heterocycles. The highest BCUT2D eigenvalue weighted by molar-refractivity contribution is 7.99. The first kappa shape index (κ1) is 22.5. The Kier molecular flexibility index (Phi) is 6.63.